The molecular weight excluding hydrogens is 721 g/mol. The highest BCUT2D eigenvalue weighted by Gasteiger charge is 2.13. The topological polar surface area (TPSA) is 0 Å². The molecule has 0 amide bonds. The largest absolute Gasteiger partial charge is 0.0795 e. The quantitative estimate of drug-likeness (QED) is 0.157. The zero-order valence-corrected chi connectivity index (χ0v) is 33.2. The van der Waals surface area contributed by atoms with Crippen LogP contribution in [-0.4, -0.2) is 0 Å². The summed E-state index contributed by atoms with van der Waals surface area (Å²) in [4.78, 5) is 0. The van der Waals surface area contributed by atoms with Gasteiger partial charge in [0, 0.05) is 0 Å². The second kappa shape index (κ2) is 14.1. The molecule has 11 aromatic carbocycles. The van der Waals surface area contributed by atoms with Crippen molar-refractivity contribution < 1.29 is 0 Å². The Labute approximate surface area is 350 Å². The minimum atomic E-state index is 0.887. The normalized spacial score (nSPS) is 14.3. The average molecular weight is 761 g/mol. The van der Waals surface area contributed by atoms with Gasteiger partial charge in [0.15, 0.2) is 0 Å². The minimum absolute atomic E-state index is 0.887. The van der Waals surface area contributed by atoms with Crippen LogP contribution in [0.15, 0.2) is 218 Å². The van der Waals surface area contributed by atoms with Crippen LogP contribution in [0.1, 0.15) is 16.7 Å². The fraction of sp³-hybridized carbons (Fsp3) is 0.0333. The lowest BCUT2D eigenvalue weighted by Crippen LogP contribution is -1.95. The van der Waals surface area contributed by atoms with Gasteiger partial charge in [-0.3, -0.25) is 0 Å². The number of hydrogen-bond acceptors (Lipinski definition) is 0. The highest BCUT2D eigenvalue weighted by molar-refractivity contribution is 6.26. The number of hydrogen-bond donors (Lipinski definition) is 0. The molecule has 280 valence electrons. The summed E-state index contributed by atoms with van der Waals surface area (Å²) in [5.74, 6) is 0. The summed E-state index contributed by atoms with van der Waals surface area (Å²) in [5, 5.41) is 15.5. The molecule has 0 bridgehead atoms. The monoisotopic (exact) mass is 760 g/mol. The van der Waals surface area contributed by atoms with Gasteiger partial charge in [-0.1, -0.05) is 200 Å². The summed E-state index contributed by atoms with van der Waals surface area (Å²) in [5.41, 5.74) is 12.8. The van der Waals surface area contributed by atoms with Crippen LogP contribution in [-0.2, 0) is 12.8 Å². The van der Waals surface area contributed by atoms with E-state index in [0.29, 0.717) is 0 Å². The zero-order valence-electron chi connectivity index (χ0n) is 33.2. The fourth-order valence-electron chi connectivity index (χ4n) is 9.93. The fourth-order valence-corrected chi connectivity index (χ4v) is 9.93. The van der Waals surface area contributed by atoms with E-state index in [4.69, 9.17) is 0 Å². The lowest BCUT2D eigenvalue weighted by atomic mass is 9.90. The molecule has 1 aliphatic carbocycles. The van der Waals surface area contributed by atoms with Gasteiger partial charge in [0.2, 0.25) is 0 Å². The lowest BCUT2D eigenvalue weighted by molar-refractivity contribution is 1.23. The van der Waals surface area contributed by atoms with E-state index < -0.39 is 0 Å². The molecular formula is C60H40. The molecule has 0 nitrogen and oxygen atoms in total. The number of allylic oxidation sites excluding steroid dienone is 4. The molecule has 0 atom stereocenters. The minimum Gasteiger partial charge on any atom is -0.0795 e. The van der Waals surface area contributed by atoms with Gasteiger partial charge in [-0.05, 0) is 151 Å². The molecule has 60 heavy (non-hydrogen) atoms. The highest BCUT2D eigenvalue weighted by Crippen LogP contribution is 2.39. The molecule has 12 rings (SSSR count). The Hall–Kier alpha value is -7.54. The maximum atomic E-state index is 2.40. The van der Waals surface area contributed by atoms with Gasteiger partial charge in [-0.15, -0.1) is 0 Å². The Morgan fingerprint density at radius 1 is 0.267 bits per heavy atom. The number of rotatable bonds is 3. The molecule has 0 fully saturated rings. The molecule has 0 heterocycles. The first kappa shape index (κ1) is 34.5. The third-order valence-electron chi connectivity index (χ3n) is 13.0. The van der Waals surface area contributed by atoms with Gasteiger partial charge in [0.25, 0.3) is 0 Å². The van der Waals surface area contributed by atoms with Crippen LogP contribution in [0.25, 0.3) is 104 Å². The first-order chi connectivity index (χ1) is 29.7. The summed E-state index contributed by atoms with van der Waals surface area (Å²) in [7, 11) is 0. The van der Waals surface area contributed by atoms with Crippen LogP contribution in [0, 0.1) is 0 Å². The first-order valence-electron chi connectivity index (χ1n) is 21.1. The summed E-state index contributed by atoms with van der Waals surface area (Å²) in [6.45, 7) is 0. The van der Waals surface area contributed by atoms with Crippen LogP contribution in [0.4, 0.5) is 0 Å². The van der Waals surface area contributed by atoms with Crippen LogP contribution in [0.3, 0.4) is 0 Å². The van der Waals surface area contributed by atoms with Gasteiger partial charge >= 0.3 is 0 Å². The van der Waals surface area contributed by atoms with Crippen molar-refractivity contribution in [2.24, 2.45) is 0 Å². The average Bonchev–Trinajstić information content (AvgIpc) is 3.32. The van der Waals surface area contributed by atoms with E-state index in [-0.39, 0.29) is 0 Å². The molecule has 0 unspecified atom stereocenters. The standard InChI is InChI=1S/C60H40/c1-3-14-49-42(10-1)13-9-12-39(24-25-43-11-2-4-15-50(43)49)44-26-31-51-47(36-44)29-34-58-52-32-27-45(37-48(52)30-35-57(51)58)40-20-22-41(23-21-40)46-28-33-59-55-18-6-5-16-53(55)54-17-7-8-19-56(54)60(59)38-46/h1-12,14-24,26-38H,13,25H2/b12-9-,39-24+. The predicted molar refractivity (Wildman–Crippen MR) is 259 cm³/mol. The van der Waals surface area contributed by atoms with Gasteiger partial charge in [0.05, 0.1) is 0 Å². The third-order valence-corrected chi connectivity index (χ3v) is 13.0. The van der Waals surface area contributed by atoms with Gasteiger partial charge in [-0.2, -0.15) is 0 Å². The molecule has 0 radical (unpaired) electrons. The molecule has 0 N–H and O–H groups in total. The highest BCUT2D eigenvalue weighted by atomic mass is 14.2. The van der Waals surface area contributed by atoms with Gasteiger partial charge in [0.1, 0.15) is 0 Å². The Kier molecular flexibility index (Phi) is 8.10. The van der Waals surface area contributed by atoms with Crippen molar-refractivity contribution in [2.75, 3.05) is 0 Å². The van der Waals surface area contributed by atoms with Crippen molar-refractivity contribution in [1.82, 2.24) is 0 Å². The van der Waals surface area contributed by atoms with E-state index in [1.54, 1.807) is 0 Å². The SMILES string of the molecule is C1=C\C(c2ccc3c(ccc4c5ccc(-c6ccc(-c7ccc8c9ccccc9c9ccccc9c8c7)cc6)cc5ccc34)c2)=C/Cc2ccccc2-c2ccccc2C/1. The molecule has 0 aromatic heterocycles. The zero-order chi connectivity index (χ0) is 39.6. The van der Waals surface area contributed by atoms with Crippen molar-refractivity contribution in [3.8, 4) is 33.4 Å². The van der Waals surface area contributed by atoms with Crippen LogP contribution in [0.5, 0.6) is 0 Å². The summed E-state index contributed by atoms with van der Waals surface area (Å²) in [6, 6.07) is 74.5. The van der Waals surface area contributed by atoms with E-state index in [2.05, 4.69) is 218 Å². The number of benzene rings is 11. The molecule has 0 spiro atoms. The summed E-state index contributed by atoms with van der Waals surface area (Å²) in [6.07, 6.45) is 8.83. The predicted octanol–water partition coefficient (Wildman–Crippen LogP) is 16.3. The molecule has 0 aliphatic heterocycles. The van der Waals surface area contributed by atoms with Crippen molar-refractivity contribution in [2.45, 2.75) is 12.8 Å². The van der Waals surface area contributed by atoms with E-state index >= 15 is 0 Å². The summed E-state index contributed by atoms with van der Waals surface area (Å²) >= 11 is 0. The van der Waals surface area contributed by atoms with E-state index in [0.717, 1.165) is 12.8 Å². The molecule has 1 aliphatic rings. The van der Waals surface area contributed by atoms with Crippen molar-refractivity contribution in [1.29, 1.82) is 0 Å². The van der Waals surface area contributed by atoms with E-state index in [1.807, 2.05) is 0 Å². The maximum absolute atomic E-state index is 2.40. The Balaban J connectivity index is 0.855. The van der Waals surface area contributed by atoms with Gasteiger partial charge in [-0.25, -0.2) is 0 Å². The second-order valence-corrected chi connectivity index (χ2v) is 16.3. The Morgan fingerprint density at radius 3 is 1.27 bits per heavy atom. The van der Waals surface area contributed by atoms with E-state index in [9.17, 15) is 0 Å². The molecule has 0 saturated carbocycles. The molecule has 0 saturated heterocycles. The van der Waals surface area contributed by atoms with Crippen molar-refractivity contribution >= 4 is 70.2 Å². The second-order valence-electron chi connectivity index (χ2n) is 16.3. The lowest BCUT2D eigenvalue weighted by Gasteiger charge is -2.15. The smallest absolute Gasteiger partial charge is 0.00821 e. The molecule has 0 heteroatoms. The molecule has 11 aromatic rings. The first-order valence-corrected chi connectivity index (χ1v) is 21.1. The Morgan fingerprint density at radius 2 is 0.667 bits per heavy atom. The van der Waals surface area contributed by atoms with Gasteiger partial charge < -0.3 is 0 Å². The Bertz CT molecular complexity index is 3540. The van der Waals surface area contributed by atoms with Crippen molar-refractivity contribution in [3.05, 3.63) is 235 Å². The third kappa shape index (κ3) is 5.75. The van der Waals surface area contributed by atoms with Crippen LogP contribution in [0.2, 0.25) is 0 Å². The van der Waals surface area contributed by atoms with Crippen LogP contribution >= 0.6 is 0 Å². The van der Waals surface area contributed by atoms with Crippen LogP contribution < -0.4 is 0 Å². The maximum Gasteiger partial charge on any atom is -0.00821 e. The number of fused-ring (bicyclic) bond motifs is 14. The van der Waals surface area contributed by atoms with Crippen molar-refractivity contribution in [3.63, 3.8) is 0 Å². The summed E-state index contributed by atoms with van der Waals surface area (Å²) < 4.78 is 0. The van der Waals surface area contributed by atoms with E-state index in [1.165, 1.54) is 120 Å².